The molecule has 0 bridgehead atoms. The number of rotatable bonds is 2. The fraction of sp³-hybridized carbons (Fsp3) is 0.455. The van der Waals surface area contributed by atoms with Crippen LogP contribution in [0.25, 0.3) is 0 Å². The van der Waals surface area contributed by atoms with Gasteiger partial charge >= 0.3 is 0 Å². The van der Waals surface area contributed by atoms with Crippen molar-refractivity contribution in [1.82, 2.24) is 0 Å². The van der Waals surface area contributed by atoms with Crippen molar-refractivity contribution in [3.05, 3.63) is 58.1 Å². The van der Waals surface area contributed by atoms with Crippen molar-refractivity contribution in [3.63, 3.8) is 0 Å². The Morgan fingerprint density at radius 2 is 1.67 bits per heavy atom. The molecule has 1 aliphatic heterocycles. The van der Waals surface area contributed by atoms with E-state index in [4.69, 9.17) is 4.74 Å². The zero-order valence-electron chi connectivity index (χ0n) is 15.7. The van der Waals surface area contributed by atoms with Crippen LogP contribution in [-0.2, 0) is 17.4 Å². The average molecular weight is 324 g/mol. The van der Waals surface area contributed by atoms with Crippen LogP contribution in [0.2, 0.25) is 0 Å². The monoisotopic (exact) mass is 324 g/mol. The molecule has 1 N–H and O–H groups in total. The lowest BCUT2D eigenvalue weighted by Crippen LogP contribution is -2.41. The van der Waals surface area contributed by atoms with E-state index < -0.39 is 5.60 Å². The molecule has 3 rings (SSSR count). The summed E-state index contributed by atoms with van der Waals surface area (Å²) in [6.07, 6.45) is 1.95. The van der Waals surface area contributed by atoms with Gasteiger partial charge in [-0.05, 0) is 73.1 Å². The molecule has 2 aromatic carbocycles. The molecule has 0 fully saturated rings. The van der Waals surface area contributed by atoms with E-state index in [9.17, 15) is 5.11 Å². The maximum absolute atomic E-state index is 10.1. The van der Waals surface area contributed by atoms with Gasteiger partial charge in [0, 0.05) is 12.0 Å². The number of ether oxygens (including phenoxy) is 1. The SMILES string of the molecule is CCc1ccc2c(c1)C(C)(C)CC(C)(c1cc(C)c(O)c(C)c1)O2. The summed E-state index contributed by atoms with van der Waals surface area (Å²) in [4.78, 5) is 0. The highest BCUT2D eigenvalue weighted by Gasteiger charge is 2.43. The molecule has 0 radical (unpaired) electrons. The Balaban J connectivity index is 2.11. The number of hydrogen-bond acceptors (Lipinski definition) is 2. The van der Waals surface area contributed by atoms with Crippen LogP contribution in [0.5, 0.6) is 11.5 Å². The fourth-order valence-corrected chi connectivity index (χ4v) is 4.05. The molecular weight excluding hydrogens is 296 g/mol. The lowest BCUT2D eigenvalue weighted by Gasteiger charge is -2.45. The molecular formula is C22H28O2. The van der Waals surface area contributed by atoms with E-state index in [1.165, 1.54) is 11.1 Å². The summed E-state index contributed by atoms with van der Waals surface area (Å²) in [5.74, 6) is 1.36. The molecule has 1 atom stereocenters. The van der Waals surface area contributed by atoms with E-state index in [2.05, 4.69) is 58.0 Å². The van der Waals surface area contributed by atoms with Gasteiger partial charge in [0.2, 0.25) is 0 Å². The molecule has 0 amide bonds. The van der Waals surface area contributed by atoms with Gasteiger partial charge in [0.15, 0.2) is 0 Å². The van der Waals surface area contributed by atoms with Gasteiger partial charge in [0.05, 0.1) is 0 Å². The zero-order chi connectivity index (χ0) is 17.7. The third kappa shape index (κ3) is 2.68. The molecule has 1 unspecified atom stereocenters. The largest absolute Gasteiger partial charge is 0.507 e. The Bertz CT molecular complexity index is 766. The van der Waals surface area contributed by atoms with Crippen LogP contribution in [0.15, 0.2) is 30.3 Å². The maximum atomic E-state index is 10.1. The first-order valence-corrected chi connectivity index (χ1v) is 8.79. The Kier molecular flexibility index (Phi) is 3.90. The van der Waals surface area contributed by atoms with Crippen LogP contribution in [0.1, 0.15) is 61.9 Å². The predicted octanol–water partition coefficient (Wildman–Crippen LogP) is 5.55. The third-order valence-electron chi connectivity index (χ3n) is 5.40. The fourth-order valence-electron chi connectivity index (χ4n) is 4.05. The third-order valence-corrected chi connectivity index (χ3v) is 5.40. The van der Waals surface area contributed by atoms with Gasteiger partial charge in [-0.2, -0.15) is 0 Å². The van der Waals surface area contributed by atoms with Crippen molar-refractivity contribution in [3.8, 4) is 11.5 Å². The van der Waals surface area contributed by atoms with Gasteiger partial charge in [-0.25, -0.2) is 0 Å². The molecule has 0 saturated carbocycles. The number of phenolic OH excluding ortho intramolecular Hbond substituents is 1. The van der Waals surface area contributed by atoms with E-state index >= 15 is 0 Å². The molecule has 0 aliphatic carbocycles. The highest BCUT2D eigenvalue weighted by molar-refractivity contribution is 5.48. The van der Waals surface area contributed by atoms with Crippen LogP contribution < -0.4 is 4.74 Å². The summed E-state index contributed by atoms with van der Waals surface area (Å²) in [7, 11) is 0. The minimum absolute atomic E-state index is 0.0349. The van der Waals surface area contributed by atoms with E-state index in [0.29, 0.717) is 5.75 Å². The Labute approximate surface area is 145 Å². The Morgan fingerprint density at radius 1 is 1.04 bits per heavy atom. The van der Waals surface area contributed by atoms with Gasteiger partial charge in [-0.3, -0.25) is 0 Å². The smallest absolute Gasteiger partial charge is 0.132 e. The number of fused-ring (bicyclic) bond motifs is 1. The quantitative estimate of drug-likeness (QED) is 0.785. The van der Waals surface area contributed by atoms with Crippen LogP contribution in [0.4, 0.5) is 0 Å². The van der Waals surface area contributed by atoms with Crippen LogP contribution in [0.3, 0.4) is 0 Å². The number of benzene rings is 2. The summed E-state index contributed by atoms with van der Waals surface area (Å²) < 4.78 is 6.51. The molecule has 2 nitrogen and oxygen atoms in total. The van der Waals surface area contributed by atoms with E-state index in [1.54, 1.807) is 0 Å². The zero-order valence-corrected chi connectivity index (χ0v) is 15.7. The van der Waals surface area contributed by atoms with Gasteiger partial charge in [-0.15, -0.1) is 0 Å². The lowest BCUT2D eigenvalue weighted by molar-refractivity contribution is 0.0323. The summed E-state index contributed by atoms with van der Waals surface area (Å²) in [6.45, 7) is 12.8. The van der Waals surface area contributed by atoms with E-state index in [-0.39, 0.29) is 5.41 Å². The van der Waals surface area contributed by atoms with Crippen LogP contribution in [-0.4, -0.2) is 5.11 Å². The van der Waals surface area contributed by atoms with Gasteiger partial charge < -0.3 is 9.84 Å². The first-order valence-electron chi connectivity index (χ1n) is 8.79. The second-order valence-electron chi connectivity index (χ2n) is 8.04. The van der Waals surface area contributed by atoms with Crippen LogP contribution >= 0.6 is 0 Å². The van der Waals surface area contributed by atoms with Gasteiger partial charge in [0.1, 0.15) is 17.1 Å². The van der Waals surface area contributed by atoms with E-state index in [1.807, 2.05) is 13.8 Å². The molecule has 0 saturated heterocycles. The van der Waals surface area contributed by atoms with Crippen molar-refractivity contribution in [2.75, 3.05) is 0 Å². The predicted molar refractivity (Wildman–Crippen MR) is 99.0 cm³/mol. The molecule has 1 heterocycles. The average Bonchev–Trinajstić information content (AvgIpc) is 2.51. The number of phenols is 1. The normalized spacial score (nSPS) is 21.9. The van der Waals surface area contributed by atoms with Gasteiger partial charge in [-0.1, -0.05) is 32.9 Å². The number of hydrogen-bond donors (Lipinski definition) is 1. The standard InChI is InChI=1S/C22H28O2/c1-7-16-8-9-19-18(12-16)21(4,5)13-22(6,24-19)17-10-14(2)20(23)15(3)11-17/h8-12,23H,7,13H2,1-6H3. The Morgan fingerprint density at radius 3 is 2.25 bits per heavy atom. The second-order valence-corrected chi connectivity index (χ2v) is 8.04. The van der Waals surface area contributed by atoms with Crippen molar-refractivity contribution < 1.29 is 9.84 Å². The molecule has 0 aromatic heterocycles. The van der Waals surface area contributed by atoms with Crippen molar-refractivity contribution >= 4 is 0 Å². The minimum Gasteiger partial charge on any atom is -0.507 e. The highest BCUT2D eigenvalue weighted by Crippen LogP contribution is 2.49. The first-order chi connectivity index (χ1) is 11.2. The summed E-state index contributed by atoms with van der Waals surface area (Å²) in [6, 6.07) is 10.7. The minimum atomic E-state index is -0.395. The summed E-state index contributed by atoms with van der Waals surface area (Å²) in [5.41, 5.74) is 5.23. The summed E-state index contributed by atoms with van der Waals surface area (Å²) in [5, 5.41) is 10.1. The molecule has 0 spiro atoms. The van der Waals surface area contributed by atoms with Crippen LogP contribution in [0, 0.1) is 13.8 Å². The van der Waals surface area contributed by atoms with Crippen molar-refractivity contribution in [2.24, 2.45) is 0 Å². The van der Waals surface area contributed by atoms with Crippen molar-refractivity contribution in [1.29, 1.82) is 0 Å². The molecule has 24 heavy (non-hydrogen) atoms. The molecule has 128 valence electrons. The van der Waals surface area contributed by atoms with Crippen molar-refractivity contribution in [2.45, 2.75) is 65.4 Å². The lowest BCUT2D eigenvalue weighted by atomic mass is 9.70. The topological polar surface area (TPSA) is 29.5 Å². The maximum Gasteiger partial charge on any atom is 0.132 e. The first kappa shape index (κ1) is 16.9. The second kappa shape index (κ2) is 5.54. The van der Waals surface area contributed by atoms with Gasteiger partial charge in [0.25, 0.3) is 0 Å². The number of aromatic hydroxyl groups is 1. The molecule has 2 aromatic rings. The molecule has 1 aliphatic rings. The molecule has 2 heteroatoms. The Hall–Kier alpha value is -1.96. The number of aryl methyl sites for hydroxylation is 3. The van der Waals surface area contributed by atoms with E-state index in [0.717, 1.165) is 35.3 Å². The summed E-state index contributed by atoms with van der Waals surface area (Å²) >= 11 is 0. The highest BCUT2D eigenvalue weighted by atomic mass is 16.5.